The molecule has 128 valence electrons. The number of carbonyl (C=O) groups excluding carboxylic acids is 1. The van der Waals surface area contributed by atoms with Gasteiger partial charge in [0, 0.05) is 12.6 Å². The number of hydrogen-bond acceptors (Lipinski definition) is 3. The van der Waals surface area contributed by atoms with Gasteiger partial charge in [-0.15, -0.1) is 0 Å². The third kappa shape index (κ3) is 4.96. The fourth-order valence-electron chi connectivity index (χ4n) is 2.48. The summed E-state index contributed by atoms with van der Waals surface area (Å²) in [5, 5.41) is 3.00. The summed E-state index contributed by atoms with van der Waals surface area (Å²) < 4.78 is 5.69. The number of hydrogen-bond donors (Lipinski definition) is 2. The van der Waals surface area contributed by atoms with E-state index >= 15 is 0 Å². The quantitative estimate of drug-likeness (QED) is 0.774. The van der Waals surface area contributed by atoms with Gasteiger partial charge in [-0.05, 0) is 56.2 Å². The van der Waals surface area contributed by atoms with E-state index in [9.17, 15) is 4.79 Å². The van der Waals surface area contributed by atoms with Crippen LogP contribution in [0.15, 0.2) is 24.3 Å². The zero-order valence-corrected chi connectivity index (χ0v) is 14.8. The second kappa shape index (κ2) is 7.35. The first kappa shape index (κ1) is 17.8. The maximum Gasteiger partial charge on any atom is 0.230 e. The van der Waals surface area contributed by atoms with Crippen molar-refractivity contribution in [3.63, 3.8) is 0 Å². The number of nitrogens with two attached hydrogens (primary N) is 1. The molecule has 1 fully saturated rings. The van der Waals surface area contributed by atoms with Gasteiger partial charge in [0.05, 0.1) is 12.0 Å². The molecule has 1 aliphatic carbocycles. The number of nitrogens with one attached hydrogen (secondary N) is 1. The standard InChI is InChI=1S/C19H30N2O2/c1-13(2)12-23-16-9-7-15(8-10-16)19(3,4)18(22)21-11-17(20)14-5-6-14/h7-10,13-14,17H,5-6,11-12,20H2,1-4H3,(H,21,22). The van der Waals surface area contributed by atoms with Crippen LogP contribution in [0.1, 0.15) is 46.1 Å². The lowest BCUT2D eigenvalue weighted by atomic mass is 9.83. The maximum absolute atomic E-state index is 12.5. The molecule has 3 N–H and O–H groups in total. The van der Waals surface area contributed by atoms with Crippen LogP contribution in [0.3, 0.4) is 0 Å². The molecule has 0 spiro atoms. The summed E-state index contributed by atoms with van der Waals surface area (Å²) in [5.41, 5.74) is 6.45. The van der Waals surface area contributed by atoms with Gasteiger partial charge in [0.1, 0.15) is 5.75 Å². The third-order valence-corrected chi connectivity index (χ3v) is 4.45. The summed E-state index contributed by atoms with van der Waals surface area (Å²) in [7, 11) is 0. The molecule has 0 heterocycles. The van der Waals surface area contributed by atoms with Gasteiger partial charge < -0.3 is 15.8 Å². The van der Waals surface area contributed by atoms with Crippen molar-refractivity contribution < 1.29 is 9.53 Å². The molecule has 2 rings (SSSR count). The number of ether oxygens (including phenoxy) is 1. The average molecular weight is 318 g/mol. The number of carbonyl (C=O) groups is 1. The van der Waals surface area contributed by atoms with Gasteiger partial charge in [0.2, 0.25) is 5.91 Å². The van der Waals surface area contributed by atoms with E-state index in [1.165, 1.54) is 12.8 Å². The van der Waals surface area contributed by atoms with Gasteiger partial charge in [-0.2, -0.15) is 0 Å². The Bertz CT molecular complexity index is 519. The van der Waals surface area contributed by atoms with E-state index in [4.69, 9.17) is 10.5 Å². The van der Waals surface area contributed by atoms with Gasteiger partial charge in [-0.1, -0.05) is 26.0 Å². The minimum Gasteiger partial charge on any atom is -0.493 e. The van der Waals surface area contributed by atoms with Gasteiger partial charge in [0.15, 0.2) is 0 Å². The molecule has 1 atom stereocenters. The highest BCUT2D eigenvalue weighted by molar-refractivity contribution is 5.87. The summed E-state index contributed by atoms with van der Waals surface area (Å²) in [4.78, 5) is 12.5. The first-order valence-corrected chi connectivity index (χ1v) is 8.58. The largest absolute Gasteiger partial charge is 0.493 e. The predicted molar refractivity (Wildman–Crippen MR) is 93.5 cm³/mol. The van der Waals surface area contributed by atoms with E-state index in [1.54, 1.807) is 0 Å². The molecule has 1 saturated carbocycles. The van der Waals surface area contributed by atoms with E-state index in [1.807, 2.05) is 38.1 Å². The second-order valence-corrected chi connectivity index (χ2v) is 7.57. The Morgan fingerprint density at radius 3 is 2.43 bits per heavy atom. The van der Waals surface area contributed by atoms with E-state index < -0.39 is 5.41 Å². The number of benzene rings is 1. The molecule has 1 aliphatic rings. The highest BCUT2D eigenvalue weighted by atomic mass is 16.5. The molecule has 0 bridgehead atoms. The van der Waals surface area contributed by atoms with Crippen molar-refractivity contribution in [2.45, 2.75) is 52.0 Å². The van der Waals surface area contributed by atoms with Crippen LogP contribution in [-0.4, -0.2) is 25.1 Å². The van der Waals surface area contributed by atoms with Crippen LogP contribution >= 0.6 is 0 Å². The Kier molecular flexibility index (Phi) is 5.69. The Morgan fingerprint density at radius 1 is 1.30 bits per heavy atom. The van der Waals surface area contributed by atoms with Gasteiger partial charge in [-0.25, -0.2) is 0 Å². The fraction of sp³-hybridized carbons (Fsp3) is 0.632. The SMILES string of the molecule is CC(C)COc1ccc(C(C)(C)C(=O)NCC(N)C2CC2)cc1. The lowest BCUT2D eigenvalue weighted by molar-refractivity contribution is -0.125. The predicted octanol–water partition coefficient (Wildman–Crippen LogP) is 2.85. The molecule has 0 radical (unpaired) electrons. The summed E-state index contributed by atoms with van der Waals surface area (Å²) in [6.45, 7) is 9.37. The highest BCUT2D eigenvalue weighted by Gasteiger charge is 2.32. The van der Waals surface area contributed by atoms with Crippen LogP contribution in [0, 0.1) is 11.8 Å². The smallest absolute Gasteiger partial charge is 0.230 e. The molecular weight excluding hydrogens is 288 g/mol. The molecule has 0 aromatic heterocycles. The lowest BCUT2D eigenvalue weighted by Gasteiger charge is -2.25. The van der Waals surface area contributed by atoms with Crippen molar-refractivity contribution >= 4 is 5.91 Å². The number of rotatable bonds is 8. The molecule has 0 saturated heterocycles. The Labute approximate surface area is 139 Å². The van der Waals surface area contributed by atoms with Crippen molar-refractivity contribution in [3.05, 3.63) is 29.8 Å². The van der Waals surface area contributed by atoms with E-state index in [2.05, 4.69) is 19.2 Å². The first-order chi connectivity index (χ1) is 10.8. The molecule has 4 heteroatoms. The molecule has 4 nitrogen and oxygen atoms in total. The van der Waals surface area contributed by atoms with Crippen molar-refractivity contribution in [2.24, 2.45) is 17.6 Å². The molecule has 1 unspecified atom stereocenters. The van der Waals surface area contributed by atoms with E-state index in [-0.39, 0.29) is 11.9 Å². The van der Waals surface area contributed by atoms with Crippen molar-refractivity contribution in [2.75, 3.05) is 13.2 Å². The maximum atomic E-state index is 12.5. The van der Waals surface area contributed by atoms with Crippen LogP contribution in [0.2, 0.25) is 0 Å². The van der Waals surface area contributed by atoms with E-state index in [0.717, 1.165) is 11.3 Å². The van der Waals surface area contributed by atoms with Gasteiger partial charge >= 0.3 is 0 Å². The van der Waals surface area contributed by atoms with Gasteiger partial charge in [0.25, 0.3) is 0 Å². The Balaban J connectivity index is 1.92. The Morgan fingerprint density at radius 2 is 1.91 bits per heavy atom. The second-order valence-electron chi connectivity index (χ2n) is 7.57. The van der Waals surface area contributed by atoms with E-state index in [0.29, 0.717) is 25.0 Å². The summed E-state index contributed by atoms with van der Waals surface area (Å²) in [6, 6.07) is 7.89. The minimum absolute atomic E-state index is 0.0180. The number of amides is 1. The van der Waals surface area contributed by atoms with Gasteiger partial charge in [-0.3, -0.25) is 4.79 Å². The third-order valence-electron chi connectivity index (χ3n) is 4.45. The van der Waals surface area contributed by atoms with Crippen molar-refractivity contribution in [3.8, 4) is 5.75 Å². The van der Waals surface area contributed by atoms with Crippen LogP contribution < -0.4 is 15.8 Å². The normalized spacial score (nSPS) is 16.3. The van der Waals surface area contributed by atoms with Crippen molar-refractivity contribution in [1.29, 1.82) is 0 Å². The van der Waals surface area contributed by atoms with Crippen LogP contribution in [0.25, 0.3) is 0 Å². The van der Waals surface area contributed by atoms with Crippen LogP contribution in [0.5, 0.6) is 5.75 Å². The lowest BCUT2D eigenvalue weighted by Crippen LogP contribution is -2.45. The molecular formula is C19H30N2O2. The molecule has 1 aromatic rings. The van der Waals surface area contributed by atoms with Crippen LogP contribution in [0.4, 0.5) is 0 Å². The summed E-state index contributed by atoms with van der Waals surface area (Å²) in [6.07, 6.45) is 2.39. The Hall–Kier alpha value is -1.55. The molecule has 0 aliphatic heterocycles. The fourth-order valence-corrected chi connectivity index (χ4v) is 2.48. The molecule has 1 amide bonds. The summed E-state index contributed by atoms with van der Waals surface area (Å²) >= 11 is 0. The minimum atomic E-state index is -0.583. The van der Waals surface area contributed by atoms with Crippen molar-refractivity contribution in [1.82, 2.24) is 5.32 Å². The molecule has 1 aromatic carbocycles. The average Bonchev–Trinajstić information content (AvgIpc) is 3.35. The zero-order valence-electron chi connectivity index (χ0n) is 14.8. The topological polar surface area (TPSA) is 64.3 Å². The summed E-state index contributed by atoms with van der Waals surface area (Å²) in [5.74, 6) is 1.95. The molecule has 23 heavy (non-hydrogen) atoms. The monoisotopic (exact) mass is 318 g/mol. The first-order valence-electron chi connectivity index (χ1n) is 8.58. The highest BCUT2D eigenvalue weighted by Crippen LogP contribution is 2.31. The zero-order chi connectivity index (χ0) is 17.0. The van der Waals surface area contributed by atoms with Crippen LogP contribution in [-0.2, 0) is 10.2 Å².